The molecule has 3 N–H and O–H groups in total. The van der Waals surface area contributed by atoms with E-state index in [0.29, 0.717) is 18.0 Å². The van der Waals surface area contributed by atoms with Crippen molar-refractivity contribution in [3.8, 4) is 17.0 Å². The first-order valence-electron chi connectivity index (χ1n) is 8.44. The number of methoxy groups -OCH3 is 1. The number of carbonyl (C=O) groups excluding carboxylic acids is 1. The zero-order valence-electron chi connectivity index (χ0n) is 14.4. The van der Waals surface area contributed by atoms with Gasteiger partial charge in [0.1, 0.15) is 5.75 Å². The van der Waals surface area contributed by atoms with Crippen LogP contribution < -0.4 is 15.4 Å². The number of ether oxygens (including phenoxy) is 1. The third kappa shape index (κ3) is 4.96. The molecule has 1 aliphatic rings. The Bertz CT molecular complexity index is 666. The first kappa shape index (κ1) is 19.3. The van der Waals surface area contributed by atoms with Crippen molar-refractivity contribution >= 4 is 18.3 Å². The standard InChI is InChI=1S/C18H24N4O2.ClH/c1-24-15-6-4-14(5-7-15)17-16(12-21-22-17)18(23)20-10-8-13-3-2-9-19-11-13;/h4-7,12-13,19H,2-3,8-11H2,1H3,(H,20,23)(H,21,22);1H. The fraction of sp³-hybridized carbons (Fsp3) is 0.444. The van der Waals surface area contributed by atoms with Crippen LogP contribution in [0.1, 0.15) is 29.6 Å². The summed E-state index contributed by atoms with van der Waals surface area (Å²) in [6, 6.07) is 7.56. The van der Waals surface area contributed by atoms with Gasteiger partial charge < -0.3 is 15.4 Å². The molecule has 1 unspecified atom stereocenters. The molecular formula is C18H25ClN4O2. The molecule has 0 aliphatic carbocycles. The van der Waals surface area contributed by atoms with Gasteiger partial charge in [-0.25, -0.2) is 0 Å². The number of benzene rings is 1. The van der Waals surface area contributed by atoms with Crippen LogP contribution in [0.3, 0.4) is 0 Å². The number of carbonyl (C=O) groups is 1. The van der Waals surface area contributed by atoms with Crippen LogP contribution in [0, 0.1) is 5.92 Å². The maximum absolute atomic E-state index is 12.5. The summed E-state index contributed by atoms with van der Waals surface area (Å²) in [5, 5.41) is 13.4. The van der Waals surface area contributed by atoms with Gasteiger partial charge in [-0.15, -0.1) is 12.4 Å². The highest BCUT2D eigenvalue weighted by molar-refractivity contribution is 5.99. The minimum absolute atomic E-state index is 0. The Kier molecular flexibility index (Phi) is 7.28. The van der Waals surface area contributed by atoms with Gasteiger partial charge in [-0.3, -0.25) is 9.89 Å². The molecule has 2 aromatic rings. The van der Waals surface area contributed by atoms with Gasteiger partial charge in [-0.05, 0) is 62.5 Å². The molecule has 1 amide bonds. The summed E-state index contributed by atoms with van der Waals surface area (Å²) in [6.07, 6.45) is 5.05. The van der Waals surface area contributed by atoms with E-state index >= 15 is 0 Å². The second kappa shape index (κ2) is 9.44. The molecule has 0 spiro atoms. The molecule has 0 bridgehead atoms. The molecule has 25 heavy (non-hydrogen) atoms. The maximum atomic E-state index is 12.5. The van der Waals surface area contributed by atoms with E-state index < -0.39 is 0 Å². The zero-order valence-corrected chi connectivity index (χ0v) is 15.2. The van der Waals surface area contributed by atoms with Crippen LogP contribution >= 0.6 is 12.4 Å². The van der Waals surface area contributed by atoms with Gasteiger partial charge in [0.15, 0.2) is 0 Å². The molecule has 3 rings (SSSR count). The van der Waals surface area contributed by atoms with Gasteiger partial charge in [0.2, 0.25) is 0 Å². The lowest BCUT2D eigenvalue weighted by Crippen LogP contribution is -2.33. The number of nitrogens with one attached hydrogen (secondary N) is 3. The Morgan fingerprint density at radius 3 is 2.84 bits per heavy atom. The van der Waals surface area contributed by atoms with E-state index in [1.807, 2.05) is 24.3 Å². The number of hydrogen-bond acceptors (Lipinski definition) is 4. The SMILES string of the molecule is COc1ccc(-c2[nH]ncc2C(=O)NCCC2CCCNC2)cc1.Cl. The molecule has 0 radical (unpaired) electrons. The number of amides is 1. The van der Waals surface area contributed by atoms with Crippen LogP contribution in [-0.4, -0.2) is 42.8 Å². The largest absolute Gasteiger partial charge is 0.497 e. The Morgan fingerprint density at radius 1 is 1.36 bits per heavy atom. The summed E-state index contributed by atoms with van der Waals surface area (Å²) >= 11 is 0. The van der Waals surface area contributed by atoms with Crippen molar-refractivity contribution in [3.63, 3.8) is 0 Å². The molecular weight excluding hydrogens is 340 g/mol. The lowest BCUT2D eigenvalue weighted by Gasteiger charge is -2.22. The fourth-order valence-electron chi connectivity index (χ4n) is 3.09. The van der Waals surface area contributed by atoms with E-state index in [0.717, 1.165) is 36.5 Å². The lowest BCUT2D eigenvalue weighted by atomic mass is 9.96. The van der Waals surface area contributed by atoms with Crippen molar-refractivity contribution in [2.24, 2.45) is 5.92 Å². The number of halogens is 1. The van der Waals surface area contributed by atoms with Crippen molar-refractivity contribution in [3.05, 3.63) is 36.0 Å². The molecule has 1 atom stereocenters. The third-order valence-corrected chi connectivity index (χ3v) is 4.50. The summed E-state index contributed by atoms with van der Waals surface area (Å²) in [7, 11) is 1.63. The number of nitrogens with zero attached hydrogens (tertiary/aromatic N) is 1. The van der Waals surface area contributed by atoms with Crippen LogP contribution in [0.5, 0.6) is 5.75 Å². The Morgan fingerprint density at radius 2 is 2.16 bits per heavy atom. The number of piperidine rings is 1. The van der Waals surface area contributed by atoms with Crippen LogP contribution in [0.4, 0.5) is 0 Å². The molecule has 1 fully saturated rings. The topological polar surface area (TPSA) is 79.0 Å². The molecule has 1 aliphatic heterocycles. The summed E-state index contributed by atoms with van der Waals surface area (Å²) in [6.45, 7) is 2.86. The van der Waals surface area contributed by atoms with Gasteiger partial charge in [-0.1, -0.05) is 0 Å². The molecule has 1 aromatic carbocycles. The predicted molar refractivity (Wildman–Crippen MR) is 100 cm³/mol. The monoisotopic (exact) mass is 364 g/mol. The second-order valence-corrected chi connectivity index (χ2v) is 6.14. The number of hydrogen-bond donors (Lipinski definition) is 3. The van der Waals surface area contributed by atoms with Crippen molar-refractivity contribution in [2.75, 3.05) is 26.7 Å². The molecule has 1 aromatic heterocycles. The third-order valence-electron chi connectivity index (χ3n) is 4.50. The molecule has 0 saturated carbocycles. The highest BCUT2D eigenvalue weighted by Gasteiger charge is 2.17. The smallest absolute Gasteiger partial charge is 0.255 e. The van der Waals surface area contributed by atoms with Gasteiger partial charge in [-0.2, -0.15) is 5.10 Å². The van der Waals surface area contributed by atoms with E-state index in [-0.39, 0.29) is 18.3 Å². The van der Waals surface area contributed by atoms with Gasteiger partial charge in [0, 0.05) is 12.1 Å². The average Bonchev–Trinajstić information content (AvgIpc) is 3.12. The summed E-state index contributed by atoms with van der Waals surface area (Å²) in [5.74, 6) is 1.35. The van der Waals surface area contributed by atoms with Gasteiger partial charge in [0.05, 0.1) is 24.6 Å². The second-order valence-electron chi connectivity index (χ2n) is 6.14. The predicted octanol–water partition coefficient (Wildman–Crippen LogP) is 2.63. The van der Waals surface area contributed by atoms with Crippen molar-refractivity contribution in [1.82, 2.24) is 20.8 Å². The minimum atomic E-state index is -0.0849. The fourth-order valence-corrected chi connectivity index (χ4v) is 3.09. The molecule has 136 valence electrons. The Labute approximate surface area is 154 Å². The summed E-state index contributed by atoms with van der Waals surface area (Å²) in [4.78, 5) is 12.5. The van der Waals surface area contributed by atoms with Crippen molar-refractivity contribution in [1.29, 1.82) is 0 Å². The first-order chi connectivity index (χ1) is 11.8. The highest BCUT2D eigenvalue weighted by Crippen LogP contribution is 2.23. The molecule has 7 heteroatoms. The number of H-pyrrole nitrogens is 1. The van der Waals surface area contributed by atoms with Crippen LogP contribution in [-0.2, 0) is 0 Å². The van der Waals surface area contributed by atoms with Gasteiger partial charge in [0.25, 0.3) is 5.91 Å². The molecule has 6 nitrogen and oxygen atoms in total. The molecule has 2 heterocycles. The van der Waals surface area contributed by atoms with E-state index in [2.05, 4.69) is 20.8 Å². The minimum Gasteiger partial charge on any atom is -0.497 e. The normalized spacial score (nSPS) is 16.8. The van der Waals surface area contributed by atoms with E-state index in [4.69, 9.17) is 4.74 Å². The maximum Gasteiger partial charge on any atom is 0.255 e. The number of rotatable bonds is 6. The Balaban J connectivity index is 0.00000225. The number of aromatic amines is 1. The van der Waals surface area contributed by atoms with Crippen LogP contribution in [0.25, 0.3) is 11.3 Å². The average molecular weight is 365 g/mol. The summed E-state index contributed by atoms with van der Waals surface area (Å²) in [5.41, 5.74) is 2.21. The van der Waals surface area contributed by atoms with Crippen molar-refractivity contribution < 1.29 is 9.53 Å². The summed E-state index contributed by atoms with van der Waals surface area (Å²) < 4.78 is 5.16. The van der Waals surface area contributed by atoms with E-state index in [1.165, 1.54) is 12.8 Å². The Hall–Kier alpha value is -2.05. The van der Waals surface area contributed by atoms with E-state index in [1.54, 1.807) is 13.3 Å². The zero-order chi connectivity index (χ0) is 16.8. The molecule has 1 saturated heterocycles. The first-order valence-corrected chi connectivity index (χ1v) is 8.44. The van der Waals surface area contributed by atoms with Gasteiger partial charge >= 0.3 is 0 Å². The lowest BCUT2D eigenvalue weighted by molar-refractivity contribution is 0.0951. The quantitative estimate of drug-likeness (QED) is 0.736. The van der Waals surface area contributed by atoms with Crippen LogP contribution in [0.2, 0.25) is 0 Å². The van der Waals surface area contributed by atoms with E-state index in [9.17, 15) is 4.79 Å². The number of aromatic nitrogens is 2. The highest BCUT2D eigenvalue weighted by atomic mass is 35.5. The van der Waals surface area contributed by atoms with Crippen LogP contribution in [0.15, 0.2) is 30.5 Å². The van der Waals surface area contributed by atoms with Crippen molar-refractivity contribution in [2.45, 2.75) is 19.3 Å².